The van der Waals surface area contributed by atoms with E-state index in [1.165, 1.54) is 34.9 Å². The number of benzene rings is 2. The van der Waals surface area contributed by atoms with Gasteiger partial charge >= 0.3 is 0 Å². The largest absolute Gasteiger partial charge is 0.384 e. The maximum absolute atomic E-state index is 12.0. The van der Waals surface area contributed by atoms with Crippen LogP contribution in [0.4, 0.5) is 5.69 Å². The van der Waals surface area contributed by atoms with E-state index in [2.05, 4.69) is 23.5 Å². The molecule has 0 bridgehead atoms. The van der Waals surface area contributed by atoms with E-state index >= 15 is 0 Å². The molecule has 0 saturated carbocycles. The molecular formula is C18H23NO4S2. The molecule has 136 valence electrons. The van der Waals surface area contributed by atoms with Crippen LogP contribution in [0.3, 0.4) is 0 Å². The second-order valence-corrected chi connectivity index (χ2v) is 10.4. The summed E-state index contributed by atoms with van der Waals surface area (Å²) in [5.41, 5.74) is 3.95. The molecule has 0 radical (unpaired) electrons. The minimum Gasteiger partial charge on any atom is -0.384 e. The van der Waals surface area contributed by atoms with Crippen molar-refractivity contribution in [1.82, 2.24) is 0 Å². The lowest BCUT2D eigenvalue weighted by molar-refractivity contribution is 0.600. The van der Waals surface area contributed by atoms with Gasteiger partial charge in [0.2, 0.25) is 0 Å². The van der Waals surface area contributed by atoms with Gasteiger partial charge < -0.3 is 5.32 Å². The van der Waals surface area contributed by atoms with Gasteiger partial charge in [-0.15, -0.1) is 0 Å². The van der Waals surface area contributed by atoms with Gasteiger partial charge in [0.15, 0.2) is 19.7 Å². The van der Waals surface area contributed by atoms with E-state index < -0.39 is 19.7 Å². The molecule has 0 saturated heterocycles. The zero-order valence-corrected chi connectivity index (χ0v) is 16.5. The fourth-order valence-electron chi connectivity index (χ4n) is 2.74. The molecule has 0 unspecified atom stereocenters. The van der Waals surface area contributed by atoms with Crippen LogP contribution < -0.4 is 5.32 Å². The first-order chi connectivity index (χ1) is 11.5. The molecule has 0 aliphatic rings. The summed E-state index contributed by atoms with van der Waals surface area (Å²) in [6.07, 6.45) is 2.87. The Morgan fingerprint density at radius 3 is 1.96 bits per heavy atom. The van der Waals surface area contributed by atoms with Crippen molar-refractivity contribution in [2.45, 2.75) is 30.1 Å². The van der Waals surface area contributed by atoms with Crippen molar-refractivity contribution >= 4 is 25.4 Å². The summed E-state index contributed by atoms with van der Waals surface area (Å²) in [5, 5.41) is 3.11. The van der Waals surface area contributed by atoms with Crippen LogP contribution >= 0.6 is 0 Å². The topological polar surface area (TPSA) is 80.3 Å². The molecule has 25 heavy (non-hydrogen) atoms. The van der Waals surface area contributed by atoms with E-state index in [1.807, 2.05) is 13.8 Å². The predicted octanol–water partition coefficient (Wildman–Crippen LogP) is 2.77. The Balaban J connectivity index is 2.24. The van der Waals surface area contributed by atoms with Gasteiger partial charge in [-0.2, -0.15) is 0 Å². The second kappa shape index (κ2) is 7.17. The molecule has 7 heteroatoms. The number of hydrogen-bond donors (Lipinski definition) is 1. The molecule has 0 atom stereocenters. The third-order valence-electron chi connectivity index (χ3n) is 3.79. The number of hydrogen-bond acceptors (Lipinski definition) is 5. The smallest absolute Gasteiger partial charge is 0.177 e. The molecule has 0 fully saturated rings. The normalized spacial score (nSPS) is 12.2. The highest BCUT2D eigenvalue weighted by Crippen LogP contribution is 2.25. The van der Waals surface area contributed by atoms with E-state index in [1.54, 1.807) is 0 Å². The maximum atomic E-state index is 12.0. The number of aryl methyl sites for hydroxylation is 2. The zero-order chi connectivity index (χ0) is 18.8. The molecule has 2 rings (SSSR count). The summed E-state index contributed by atoms with van der Waals surface area (Å²) in [7, 11) is -7.02. The molecule has 0 spiro atoms. The average molecular weight is 382 g/mol. The molecular weight excluding hydrogens is 358 g/mol. The monoisotopic (exact) mass is 381 g/mol. The van der Waals surface area contributed by atoms with Gasteiger partial charge in [0.05, 0.1) is 15.5 Å². The Kier molecular flexibility index (Phi) is 5.58. The van der Waals surface area contributed by atoms with Crippen LogP contribution in [0.15, 0.2) is 46.2 Å². The average Bonchev–Trinajstić information content (AvgIpc) is 2.44. The van der Waals surface area contributed by atoms with Crippen LogP contribution in [-0.2, 0) is 26.1 Å². The van der Waals surface area contributed by atoms with Crippen molar-refractivity contribution in [2.24, 2.45) is 0 Å². The summed E-state index contributed by atoms with van der Waals surface area (Å²) >= 11 is 0. The van der Waals surface area contributed by atoms with Gasteiger partial charge in [-0.05, 0) is 44.0 Å². The molecule has 1 N–H and O–H groups in total. The summed E-state index contributed by atoms with van der Waals surface area (Å²) in [4.78, 5) is -0.0105. The van der Waals surface area contributed by atoms with E-state index in [0.29, 0.717) is 12.2 Å². The van der Waals surface area contributed by atoms with E-state index in [-0.39, 0.29) is 9.79 Å². The number of rotatable bonds is 6. The molecule has 2 aromatic rings. The van der Waals surface area contributed by atoms with Crippen molar-refractivity contribution in [2.75, 3.05) is 24.4 Å². The lowest BCUT2D eigenvalue weighted by Gasteiger charge is -2.13. The fourth-order valence-corrected chi connectivity index (χ4v) is 4.34. The fraction of sp³-hybridized carbons (Fsp3) is 0.333. The Hall–Kier alpha value is -1.86. The molecule has 0 aliphatic heterocycles. The first-order valence-corrected chi connectivity index (χ1v) is 11.6. The van der Waals surface area contributed by atoms with Gasteiger partial charge in [0, 0.05) is 19.1 Å². The minimum atomic E-state index is -3.55. The van der Waals surface area contributed by atoms with Crippen LogP contribution in [0.2, 0.25) is 0 Å². The van der Waals surface area contributed by atoms with Crippen LogP contribution in [0.5, 0.6) is 0 Å². The lowest BCUT2D eigenvalue weighted by atomic mass is 10.1. The quantitative estimate of drug-likeness (QED) is 0.832. The standard InChI is InChI=1S/C18H23NO4S2/c1-13-9-14(2)11-15(10-13)7-8-19-17-6-5-16(24(3,20)21)12-18(17)25(4,22)23/h5-6,9-12,19H,7-8H2,1-4H3. The van der Waals surface area contributed by atoms with Gasteiger partial charge in [-0.3, -0.25) is 0 Å². The SMILES string of the molecule is Cc1cc(C)cc(CCNc2ccc(S(C)(=O)=O)cc2S(C)(=O)=O)c1. The van der Waals surface area contributed by atoms with E-state index in [0.717, 1.165) is 18.9 Å². The lowest BCUT2D eigenvalue weighted by Crippen LogP contribution is -2.11. The Bertz CT molecular complexity index is 973. The number of nitrogens with one attached hydrogen (secondary N) is 1. The number of sulfone groups is 2. The van der Waals surface area contributed by atoms with E-state index in [4.69, 9.17) is 0 Å². The summed E-state index contributed by atoms with van der Waals surface area (Å²) < 4.78 is 47.4. The predicted molar refractivity (Wildman–Crippen MR) is 101 cm³/mol. The highest BCUT2D eigenvalue weighted by atomic mass is 32.2. The molecule has 0 aliphatic carbocycles. The van der Waals surface area contributed by atoms with Crippen LogP contribution in [0.1, 0.15) is 16.7 Å². The third kappa shape index (κ3) is 5.31. The molecule has 0 heterocycles. The molecule has 0 amide bonds. The Morgan fingerprint density at radius 2 is 1.44 bits per heavy atom. The first-order valence-electron chi connectivity index (χ1n) is 7.82. The Morgan fingerprint density at radius 1 is 0.840 bits per heavy atom. The zero-order valence-electron chi connectivity index (χ0n) is 14.8. The van der Waals surface area contributed by atoms with Gasteiger partial charge in [0.25, 0.3) is 0 Å². The summed E-state index contributed by atoms with van der Waals surface area (Å²) in [5.74, 6) is 0. The number of anilines is 1. The summed E-state index contributed by atoms with van der Waals surface area (Å²) in [6.45, 7) is 4.62. The van der Waals surface area contributed by atoms with Gasteiger partial charge in [-0.1, -0.05) is 29.3 Å². The summed E-state index contributed by atoms with van der Waals surface area (Å²) in [6, 6.07) is 10.4. The van der Waals surface area contributed by atoms with Crippen molar-refractivity contribution < 1.29 is 16.8 Å². The van der Waals surface area contributed by atoms with Crippen LogP contribution in [-0.4, -0.2) is 35.9 Å². The molecule has 5 nitrogen and oxygen atoms in total. The second-order valence-electron chi connectivity index (χ2n) is 6.38. The van der Waals surface area contributed by atoms with Gasteiger partial charge in [-0.25, -0.2) is 16.8 Å². The van der Waals surface area contributed by atoms with Gasteiger partial charge in [0.1, 0.15) is 0 Å². The van der Waals surface area contributed by atoms with Crippen molar-refractivity contribution in [3.8, 4) is 0 Å². The van der Waals surface area contributed by atoms with Crippen molar-refractivity contribution in [3.63, 3.8) is 0 Å². The third-order valence-corrected chi connectivity index (χ3v) is 6.04. The molecule has 0 aromatic heterocycles. The maximum Gasteiger partial charge on any atom is 0.177 e. The first kappa shape index (κ1) is 19.5. The van der Waals surface area contributed by atoms with Crippen molar-refractivity contribution in [3.05, 3.63) is 53.1 Å². The van der Waals surface area contributed by atoms with E-state index in [9.17, 15) is 16.8 Å². The Labute approximate surface area is 149 Å². The highest BCUT2D eigenvalue weighted by Gasteiger charge is 2.17. The van der Waals surface area contributed by atoms with Crippen molar-refractivity contribution in [1.29, 1.82) is 0 Å². The minimum absolute atomic E-state index is 0.00384. The van der Waals surface area contributed by atoms with Crippen LogP contribution in [0.25, 0.3) is 0 Å². The van der Waals surface area contributed by atoms with Crippen LogP contribution in [0, 0.1) is 13.8 Å². The highest BCUT2D eigenvalue weighted by molar-refractivity contribution is 7.91. The molecule has 2 aromatic carbocycles.